The third-order valence-electron chi connectivity index (χ3n) is 4.27. The third kappa shape index (κ3) is 4.43. The average Bonchev–Trinajstić information content (AvgIpc) is 2.56. The highest BCUT2D eigenvalue weighted by molar-refractivity contribution is 5.74. The van der Waals surface area contributed by atoms with Gasteiger partial charge in [0.15, 0.2) is 0 Å². The lowest BCUT2D eigenvalue weighted by molar-refractivity contribution is -0.384. The van der Waals surface area contributed by atoms with Crippen LogP contribution in [0.3, 0.4) is 0 Å². The van der Waals surface area contributed by atoms with E-state index in [4.69, 9.17) is 5.11 Å². The molecular formula is C16H20N2O6. The Kier molecular flexibility index (Phi) is 5.73. The summed E-state index contributed by atoms with van der Waals surface area (Å²) in [6, 6.07) is 4.60. The molecule has 0 unspecified atom stereocenters. The molecule has 24 heavy (non-hydrogen) atoms. The molecule has 0 amide bonds. The Hall–Kier alpha value is -2.64. The standard InChI is InChI=1S/C16H20N2O6/c1-24-15(19)9-10-2-7-13(14(8-10)18(22)23)17-12-5-3-11(4-6-12)16(20)21/h2,7-8,11-12,17H,3-6,9H2,1H3,(H,20,21). The summed E-state index contributed by atoms with van der Waals surface area (Å²) in [5.74, 6) is -1.58. The van der Waals surface area contributed by atoms with Gasteiger partial charge in [-0.2, -0.15) is 0 Å². The van der Waals surface area contributed by atoms with Crippen LogP contribution in [0.5, 0.6) is 0 Å². The monoisotopic (exact) mass is 336 g/mol. The van der Waals surface area contributed by atoms with Crippen molar-refractivity contribution in [3.63, 3.8) is 0 Å². The van der Waals surface area contributed by atoms with Crippen LogP contribution in [0.1, 0.15) is 31.2 Å². The number of esters is 1. The van der Waals surface area contributed by atoms with E-state index in [0.29, 0.717) is 36.9 Å². The molecule has 0 spiro atoms. The maximum absolute atomic E-state index is 11.3. The number of anilines is 1. The second-order valence-electron chi connectivity index (χ2n) is 5.89. The van der Waals surface area contributed by atoms with Gasteiger partial charge in [-0.3, -0.25) is 19.7 Å². The lowest BCUT2D eigenvalue weighted by Crippen LogP contribution is -2.29. The number of hydrogen-bond donors (Lipinski definition) is 2. The van der Waals surface area contributed by atoms with E-state index in [9.17, 15) is 19.7 Å². The summed E-state index contributed by atoms with van der Waals surface area (Å²) in [5.41, 5.74) is 0.790. The Morgan fingerprint density at radius 3 is 2.54 bits per heavy atom. The Balaban J connectivity index is 2.08. The zero-order valence-corrected chi connectivity index (χ0v) is 13.4. The summed E-state index contributed by atoms with van der Waals surface area (Å²) in [5, 5.41) is 23.4. The van der Waals surface area contributed by atoms with Crippen molar-refractivity contribution in [1.82, 2.24) is 0 Å². The summed E-state index contributed by atoms with van der Waals surface area (Å²) in [4.78, 5) is 33.0. The number of carboxylic acid groups (broad SMARTS) is 1. The van der Waals surface area contributed by atoms with Crippen LogP contribution in [-0.4, -0.2) is 35.1 Å². The van der Waals surface area contributed by atoms with Gasteiger partial charge in [0, 0.05) is 12.1 Å². The molecule has 1 aromatic rings. The van der Waals surface area contributed by atoms with Crippen LogP contribution in [0.4, 0.5) is 11.4 Å². The number of benzene rings is 1. The molecule has 1 fully saturated rings. The smallest absolute Gasteiger partial charge is 0.309 e. The Morgan fingerprint density at radius 2 is 2.00 bits per heavy atom. The molecule has 0 aromatic heterocycles. The predicted octanol–water partition coefficient (Wildman–Crippen LogP) is 2.37. The minimum Gasteiger partial charge on any atom is -0.481 e. The maximum Gasteiger partial charge on any atom is 0.309 e. The van der Waals surface area contributed by atoms with E-state index in [1.165, 1.54) is 13.2 Å². The van der Waals surface area contributed by atoms with E-state index in [1.54, 1.807) is 12.1 Å². The number of nitro benzene ring substituents is 1. The summed E-state index contributed by atoms with van der Waals surface area (Å²) >= 11 is 0. The second-order valence-corrected chi connectivity index (χ2v) is 5.89. The first-order valence-electron chi connectivity index (χ1n) is 7.74. The van der Waals surface area contributed by atoms with Crippen molar-refractivity contribution in [1.29, 1.82) is 0 Å². The number of methoxy groups -OCH3 is 1. The van der Waals surface area contributed by atoms with Crippen molar-refractivity contribution in [3.8, 4) is 0 Å². The fourth-order valence-corrected chi connectivity index (χ4v) is 2.90. The lowest BCUT2D eigenvalue weighted by Gasteiger charge is -2.27. The van der Waals surface area contributed by atoms with Crippen LogP contribution >= 0.6 is 0 Å². The van der Waals surface area contributed by atoms with Gasteiger partial charge < -0.3 is 15.2 Å². The van der Waals surface area contributed by atoms with Gasteiger partial charge in [0.1, 0.15) is 5.69 Å². The quantitative estimate of drug-likeness (QED) is 0.465. The van der Waals surface area contributed by atoms with Crippen molar-refractivity contribution in [2.24, 2.45) is 5.92 Å². The number of nitrogens with one attached hydrogen (secondary N) is 1. The first-order valence-corrected chi connectivity index (χ1v) is 7.74. The highest BCUT2D eigenvalue weighted by atomic mass is 16.6. The van der Waals surface area contributed by atoms with Gasteiger partial charge >= 0.3 is 11.9 Å². The largest absolute Gasteiger partial charge is 0.481 e. The molecule has 0 atom stereocenters. The van der Waals surface area contributed by atoms with Gasteiger partial charge in [0.05, 0.1) is 24.4 Å². The zero-order chi connectivity index (χ0) is 17.7. The number of nitrogens with zero attached hydrogens (tertiary/aromatic N) is 1. The number of carbonyl (C=O) groups excluding carboxylic acids is 1. The highest BCUT2D eigenvalue weighted by Crippen LogP contribution is 2.31. The zero-order valence-electron chi connectivity index (χ0n) is 13.4. The van der Waals surface area contributed by atoms with Crippen LogP contribution in [-0.2, 0) is 20.7 Å². The molecule has 0 aliphatic heterocycles. The van der Waals surface area contributed by atoms with Crippen molar-refractivity contribution < 1.29 is 24.4 Å². The number of carbonyl (C=O) groups is 2. The molecule has 8 nitrogen and oxygen atoms in total. The van der Waals surface area contributed by atoms with E-state index in [0.717, 1.165) is 0 Å². The van der Waals surface area contributed by atoms with E-state index in [2.05, 4.69) is 10.1 Å². The normalized spacial score (nSPS) is 20.2. The Labute approximate surface area is 139 Å². The number of aliphatic carboxylic acids is 1. The predicted molar refractivity (Wildman–Crippen MR) is 85.8 cm³/mol. The molecule has 8 heteroatoms. The second kappa shape index (κ2) is 7.76. The number of carboxylic acids is 1. The summed E-state index contributed by atoms with van der Waals surface area (Å²) in [6.45, 7) is 0. The van der Waals surface area contributed by atoms with E-state index in [-0.39, 0.29) is 24.1 Å². The minimum atomic E-state index is -0.786. The lowest BCUT2D eigenvalue weighted by atomic mass is 9.86. The van der Waals surface area contributed by atoms with Crippen LogP contribution in [0.2, 0.25) is 0 Å². The van der Waals surface area contributed by atoms with Crippen molar-refractivity contribution in [3.05, 3.63) is 33.9 Å². The molecule has 0 heterocycles. The van der Waals surface area contributed by atoms with E-state index in [1.807, 2.05) is 0 Å². The molecule has 1 saturated carbocycles. The molecule has 1 aliphatic rings. The molecule has 130 valence electrons. The van der Waals surface area contributed by atoms with Gasteiger partial charge in [-0.15, -0.1) is 0 Å². The van der Waals surface area contributed by atoms with Gasteiger partial charge in [0.2, 0.25) is 0 Å². The van der Waals surface area contributed by atoms with Crippen LogP contribution < -0.4 is 5.32 Å². The number of nitro groups is 1. The Bertz CT molecular complexity index is 637. The molecule has 0 bridgehead atoms. The first-order chi connectivity index (χ1) is 11.4. The van der Waals surface area contributed by atoms with E-state index < -0.39 is 16.9 Å². The average molecular weight is 336 g/mol. The number of ether oxygens (including phenoxy) is 1. The topological polar surface area (TPSA) is 119 Å². The summed E-state index contributed by atoms with van der Waals surface area (Å²) in [6.07, 6.45) is 2.39. The van der Waals surface area contributed by atoms with E-state index >= 15 is 0 Å². The van der Waals surface area contributed by atoms with Gasteiger partial charge in [0.25, 0.3) is 5.69 Å². The van der Waals surface area contributed by atoms with Crippen molar-refractivity contribution in [2.45, 2.75) is 38.1 Å². The molecule has 1 aromatic carbocycles. The molecule has 1 aliphatic carbocycles. The third-order valence-corrected chi connectivity index (χ3v) is 4.27. The highest BCUT2D eigenvalue weighted by Gasteiger charge is 2.27. The fourth-order valence-electron chi connectivity index (χ4n) is 2.90. The fraction of sp³-hybridized carbons (Fsp3) is 0.500. The number of hydrogen-bond acceptors (Lipinski definition) is 6. The van der Waals surface area contributed by atoms with Crippen LogP contribution in [0.15, 0.2) is 18.2 Å². The molecule has 2 rings (SSSR count). The SMILES string of the molecule is COC(=O)Cc1ccc(NC2CCC(C(=O)O)CC2)c([N+](=O)[O-])c1. The van der Waals surface area contributed by atoms with Gasteiger partial charge in [-0.05, 0) is 37.3 Å². The first kappa shape index (κ1) is 17.7. The van der Waals surface area contributed by atoms with Crippen LogP contribution in [0, 0.1) is 16.0 Å². The molecular weight excluding hydrogens is 316 g/mol. The number of rotatable bonds is 6. The van der Waals surface area contributed by atoms with Crippen LogP contribution in [0.25, 0.3) is 0 Å². The Morgan fingerprint density at radius 1 is 1.33 bits per heavy atom. The maximum atomic E-state index is 11.3. The summed E-state index contributed by atoms with van der Waals surface area (Å²) in [7, 11) is 1.26. The summed E-state index contributed by atoms with van der Waals surface area (Å²) < 4.78 is 4.56. The molecule has 2 N–H and O–H groups in total. The van der Waals surface area contributed by atoms with Crippen molar-refractivity contribution >= 4 is 23.3 Å². The minimum absolute atomic E-state index is 0.00533. The molecule has 0 radical (unpaired) electrons. The van der Waals surface area contributed by atoms with Gasteiger partial charge in [-0.1, -0.05) is 6.07 Å². The van der Waals surface area contributed by atoms with Gasteiger partial charge in [-0.25, -0.2) is 0 Å². The van der Waals surface area contributed by atoms with Crippen molar-refractivity contribution in [2.75, 3.05) is 12.4 Å². The molecule has 0 saturated heterocycles.